The number of hydrogen-bond donors (Lipinski definition) is 1. The molecule has 1 aliphatic heterocycles. The highest BCUT2D eigenvalue weighted by Crippen LogP contribution is 2.32. The van der Waals surface area contributed by atoms with Gasteiger partial charge in [-0.1, -0.05) is 29.8 Å². The van der Waals surface area contributed by atoms with Crippen molar-refractivity contribution in [2.24, 2.45) is 0 Å². The number of nitrogens with zero attached hydrogens (tertiary/aromatic N) is 2. The fourth-order valence-corrected chi connectivity index (χ4v) is 4.48. The summed E-state index contributed by atoms with van der Waals surface area (Å²) in [5.74, 6) is 0.0852. The quantitative estimate of drug-likeness (QED) is 0.580. The van der Waals surface area contributed by atoms with Crippen molar-refractivity contribution in [1.82, 2.24) is 15.2 Å². The molecule has 0 unspecified atom stereocenters. The Labute approximate surface area is 186 Å². The molecule has 2 aromatic heterocycles. The average Bonchev–Trinajstić information content (AvgIpc) is 3.13. The van der Waals surface area contributed by atoms with Crippen LogP contribution in [0.25, 0.3) is 21.5 Å². The minimum absolute atomic E-state index is 0. The van der Waals surface area contributed by atoms with E-state index >= 15 is 0 Å². The molecular formula is C20H22Cl3N3OS. The Morgan fingerprint density at radius 2 is 1.89 bits per heavy atom. The standard InChI is InChI=1S/C20H20ClN3OS.2ClH/c1-22-13-8-10-24(11-9-13)20(25)15-12-17(18-6-7-19(21)26-18)23-16-5-3-2-4-14(15)16;;/h2-7,12-13,22H,8-11H2,1H3;2*1H. The van der Waals surface area contributed by atoms with Gasteiger partial charge in [0.05, 0.1) is 26.0 Å². The van der Waals surface area contributed by atoms with Crippen molar-refractivity contribution >= 4 is 64.6 Å². The molecule has 3 heterocycles. The van der Waals surface area contributed by atoms with Crippen LogP contribution in [0.5, 0.6) is 0 Å². The lowest BCUT2D eigenvalue weighted by Gasteiger charge is -2.32. The number of aromatic nitrogens is 1. The summed E-state index contributed by atoms with van der Waals surface area (Å²) >= 11 is 7.57. The maximum absolute atomic E-state index is 13.3. The zero-order valence-electron chi connectivity index (χ0n) is 15.4. The molecule has 1 aromatic carbocycles. The molecule has 0 bridgehead atoms. The molecule has 3 aromatic rings. The molecule has 28 heavy (non-hydrogen) atoms. The summed E-state index contributed by atoms with van der Waals surface area (Å²) < 4.78 is 0.719. The molecule has 0 aliphatic carbocycles. The molecule has 1 N–H and O–H groups in total. The molecule has 1 aliphatic rings. The second kappa shape index (κ2) is 9.90. The summed E-state index contributed by atoms with van der Waals surface area (Å²) in [5.41, 5.74) is 2.36. The summed E-state index contributed by atoms with van der Waals surface area (Å²) in [7, 11) is 1.98. The molecule has 150 valence electrons. The summed E-state index contributed by atoms with van der Waals surface area (Å²) in [6, 6.07) is 14.1. The normalized spacial score (nSPS) is 14.4. The van der Waals surface area contributed by atoms with Crippen molar-refractivity contribution < 1.29 is 4.79 Å². The maximum Gasteiger partial charge on any atom is 0.254 e. The molecule has 0 radical (unpaired) electrons. The van der Waals surface area contributed by atoms with Crippen LogP contribution in [-0.2, 0) is 0 Å². The van der Waals surface area contributed by atoms with Gasteiger partial charge in [0, 0.05) is 24.5 Å². The second-order valence-corrected chi connectivity index (χ2v) is 8.25. The lowest BCUT2D eigenvalue weighted by atomic mass is 10.0. The van der Waals surface area contributed by atoms with E-state index in [9.17, 15) is 4.79 Å². The van der Waals surface area contributed by atoms with Gasteiger partial charge in [-0.25, -0.2) is 4.98 Å². The van der Waals surface area contributed by atoms with Crippen molar-refractivity contribution in [1.29, 1.82) is 0 Å². The number of benzene rings is 1. The van der Waals surface area contributed by atoms with E-state index in [0.717, 1.165) is 57.3 Å². The maximum atomic E-state index is 13.3. The number of carbonyl (C=O) groups is 1. The summed E-state index contributed by atoms with van der Waals surface area (Å²) in [6.07, 6.45) is 1.97. The van der Waals surface area contributed by atoms with Crippen LogP contribution in [0.3, 0.4) is 0 Å². The smallest absolute Gasteiger partial charge is 0.254 e. The SMILES string of the molecule is CNC1CCN(C(=O)c2cc(-c3ccc(Cl)s3)nc3ccccc23)CC1.Cl.Cl. The van der Waals surface area contributed by atoms with Crippen molar-refractivity contribution in [3.8, 4) is 10.6 Å². The molecule has 1 fully saturated rings. The first kappa shape index (κ1) is 22.9. The van der Waals surface area contributed by atoms with Gasteiger partial charge in [-0.05, 0) is 44.2 Å². The third kappa shape index (κ3) is 4.61. The third-order valence-electron chi connectivity index (χ3n) is 4.96. The Bertz CT molecular complexity index is 955. The van der Waals surface area contributed by atoms with Crippen LogP contribution >= 0.6 is 47.8 Å². The Kier molecular flexibility index (Phi) is 8.10. The van der Waals surface area contributed by atoms with E-state index < -0.39 is 0 Å². The largest absolute Gasteiger partial charge is 0.339 e. The van der Waals surface area contributed by atoms with Crippen molar-refractivity contribution in [2.75, 3.05) is 20.1 Å². The summed E-state index contributed by atoms with van der Waals surface area (Å²) in [6.45, 7) is 1.56. The minimum atomic E-state index is 0. The highest BCUT2D eigenvalue weighted by molar-refractivity contribution is 7.19. The van der Waals surface area contributed by atoms with Crippen molar-refractivity contribution in [2.45, 2.75) is 18.9 Å². The highest BCUT2D eigenvalue weighted by atomic mass is 35.5. The molecule has 4 nitrogen and oxygen atoms in total. The number of amides is 1. The van der Waals surface area contributed by atoms with Crippen molar-refractivity contribution in [3.63, 3.8) is 0 Å². The van der Waals surface area contributed by atoms with Gasteiger partial charge in [-0.3, -0.25) is 4.79 Å². The third-order valence-corrected chi connectivity index (χ3v) is 6.22. The number of carbonyl (C=O) groups excluding carboxylic acids is 1. The monoisotopic (exact) mass is 457 g/mol. The number of halogens is 3. The number of piperidine rings is 1. The minimum Gasteiger partial charge on any atom is -0.339 e. The Morgan fingerprint density at radius 1 is 1.18 bits per heavy atom. The first-order valence-corrected chi connectivity index (χ1v) is 9.97. The molecule has 0 saturated carbocycles. The van der Waals surface area contributed by atoms with E-state index in [1.54, 1.807) is 0 Å². The number of pyridine rings is 1. The van der Waals surface area contributed by atoms with E-state index in [4.69, 9.17) is 16.6 Å². The van der Waals surface area contributed by atoms with Gasteiger partial charge in [-0.15, -0.1) is 36.2 Å². The van der Waals surface area contributed by atoms with Crippen LogP contribution in [0.1, 0.15) is 23.2 Å². The first-order chi connectivity index (χ1) is 12.7. The molecule has 1 saturated heterocycles. The van der Waals surface area contributed by atoms with Gasteiger partial charge in [0.2, 0.25) is 0 Å². The highest BCUT2D eigenvalue weighted by Gasteiger charge is 2.24. The fraction of sp³-hybridized carbons (Fsp3) is 0.300. The van der Waals surface area contributed by atoms with Gasteiger partial charge in [0.25, 0.3) is 5.91 Å². The topological polar surface area (TPSA) is 45.2 Å². The molecular weight excluding hydrogens is 437 g/mol. The van der Waals surface area contributed by atoms with E-state index in [1.807, 2.05) is 54.4 Å². The molecule has 1 amide bonds. The van der Waals surface area contributed by atoms with Gasteiger partial charge in [0.15, 0.2) is 0 Å². The Morgan fingerprint density at radius 3 is 2.54 bits per heavy atom. The second-order valence-electron chi connectivity index (χ2n) is 6.53. The summed E-state index contributed by atoms with van der Waals surface area (Å²) in [4.78, 5) is 20.9. The van der Waals surface area contributed by atoms with E-state index in [1.165, 1.54) is 11.3 Å². The molecule has 4 rings (SSSR count). The molecule has 0 spiro atoms. The fourth-order valence-electron chi connectivity index (χ4n) is 3.47. The van der Waals surface area contributed by atoms with Crippen LogP contribution in [0.15, 0.2) is 42.5 Å². The van der Waals surface area contributed by atoms with Crippen molar-refractivity contribution in [3.05, 3.63) is 52.4 Å². The van der Waals surface area contributed by atoms with Gasteiger partial charge >= 0.3 is 0 Å². The van der Waals surface area contributed by atoms with Crippen LogP contribution in [0.4, 0.5) is 0 Å². The first-order valence-electron chi connectivity index (χ1n) is 8.78. The Hall–Kier alpha value is -1.37. The van der Waals surface area contributed by atoms with Crippen LogP contribution in [0.2, 0.25) is 4.34 Å². The molecule has 0 atom stereocenters. The predicted octanol–water partition coefficient (Wildman–Crippen LogP) is 5.28. The number of rotatable bonds is 3. The van der Waals surface area contributed by atoms with Crippen LogP contribution < -0.4 is 5.32 Å². The number of thiophene rings is 1. The van der Waals surface area contributed by atoms with Crippen LogP contribution in [0, 0.1) is 0 Å². The van der Waals surface area contributed by atoms with Gasteiger partial charge in [-0.2, -0.15) is 0 Å². The van der Waals surface area contributed by atoms with Gasteiger partial charge in [0.1, 0.15) is 0 Å². The number of para-hydroxylation sites is 1. The number of nitrogens with one attached hydrogen (secondary N) is 1. The predicted molar refractivity (Wildman–Crippen MR) is 123 cm³/mol. The number of likely N-dealkylation sites (tertiary alicyclic amines) is 1. The zero-order chi connectivity index (χ0) is 18.1. The lowest BCUT2D eigenvalue weighted by molar-refractivity contribution is 0.0709. The van der Waals surface area contributed by atoms with E-state index in [2.05, 4.69) is 5.32 Å². The summed E-state index contributed by atoms with van der Waals surface area (Å²) in [5, 5.41) is 4.21. The van der Waals surface area contributed by atoms with Crippen LogP contribution in [-0.4, -0.2) is 42.0 Å². The lowest BCUT2D eigenvalue weighted by Crippen LogP contribution is -2.44. The molecule has 8 heteroatoms. The Balaban J connectivity index is 0.00000140. The van der Waals surface area contributed by atoms with E-state index in [0.29, 0.717) is 6.04 Å². The van der Waals surface area contributed by atoms with Gasteiger partial charge < -0.3 is 10.2 Å². The number of hydrogen-bond acceptors (Lipinski definition) is 4. The average molecular weight is 459 g/mol. The zero-order valence-corrected chi connectivity index (χ0v) is 18.6. The number of fused-ring (bicyclic) bond motifs is 1. The van der Waals surface area contributed by atoms with E-state index in [-0.39, 0.29) is 30.7 Å².